The second-order valence-electron chi connectivity index (χ2n) is 9.20. The molecule has 1 aromatic carbocycles. The van der Waals surface area contributed by atoms with Crippen LogP contribution in [0.15, 0.2) is 24.3 Å². The van der Waals surface area contributed by atoms with E-state index in [9.17, 15) is 4.79 Å². The first-order valence-corrected chi connectivity index (χ1v) is 10.8. The highest BCUT2D eigenvalue weighted by Gasteiger charge is 2.39. The minimum Gasteiger partial charge on any atom is -0.444 e. The van der Waals surface area contributed by atoms with E-state index in [4.69, 9.17) is 4.74 Å². The van der Waals surface area contributed by atoms with Gasteiger partial charge < -0.3 is 14.6 Å². The Morgan fingerprint density at radius 1 is 1.21 bits per heavy atom. The van der Waals surface area contributed by atoms with Crippen molar-refractivity contribution in [1.29, 1.82) is 0 Å². The lowest BCUT2D eigenvalue weighted by molar-refractivity contribution is 0.0142. The molecule has 0 saturated carbocycles. The number of aromatic nitrogens is 1. The van der Waals surface area contributed by atoms with Crippen molar-refractivity contribution in [3.8, 4) is 5.69 Å². The minimum absolute atomic E-state index is 0.0306. The molecule has 2 aromatic rings. The van der Waals surface area contributed by atoms with Gasteiger partial charge in [-0.25, -0.2) is 4.79 Å². The second kappa shape index (κ2) is 7.52. The van der Waals surface area contributed by atoms with Gasteiger partial charge in [0.05, 0.1) is 6.04 Å². The average molecular weight is 396 g/mol. The summed E-state index contributed by atoms with van der Waals surface area (Å²) in [5.74, 6) is 0. The molecule has 0 aliphatic carbocycles. The summed E-state index contributed by atoms with van der Waals surface area (Å²) in [6.45, 7) is 12.6. The molecular weight excluding hydrogens is 362 g/mol. The lowest BCUT2D eigenvalue weighted by Crippen LogP contribution is -2.46. The number of hydrogen-bond donors (Lipinski definition) is 1. The fourth-order valence-electron chi connectivity index (χ4n) is 4.79. The number of nitrogens with one attached hydrogen (secondary N) is 1. The van der Waals surface area contributed by atoms with Gasteiger partial charge in [0.2, 0.25) is 0 Å². The van der Waals surface area contributed by atoms with E-state index in [-0.39, 0.29) is 12.1 Å². The zero-order chi connectivity index (χ0) is 20.8. The molecule has 0 radical (unpaired) electrons. The summed E-state index contributed by atoms with van der Waals surface area (Å²) >= 11 is 0. The Bertz CT molecular complexity index is 906. The summed E-state index contributed by atoms with van der Waals surface area (Å²) in [4.78, 5) is 14.9. The number of hydrogen-bond acceptors (Lipinski definition) is 3. The molecule has 1 atom stereocenters. The first kappa shape index (κ1) is 20.0. The van der Waals surface area contributed by atoms with Crippen LogP contribution in [0, 0.1) is 6.92 Å². The number of benzene rings is 1. The maximum Gasteiger partial charge on any atom is 0.410 e. The van der Waals surface area contributed by atoms with Gasteiger partial charge in [0, 0.05) is 42.1 Å². The van der Waals surface area contributed by atoms with E-state index in [2.05, 4.69) is 48.0 Å². The molecule has 2 aliphatic rings. The topological polar surface area (TPSA) is 46.5 Å². The van der Waals surface area contributed by atoms with Crippen LogP contribution in [0.3, 0.4) is 0 Å². The zero-order valence-electron chi connectivity index (χ0n) is 18.3. The van der Waals surface area contributed by atoms with Crippen LogP contribution in [-0.4, -0.2) is 40.8 Å². The fourth-order valence-corrected chi connectivity index (χ4v) is 4.79. The van der Waals surface area contributed by atoms with E-state index >= 15 is 0 Å². The molecule has 1 amide bonds. The molecule has 4 rings (SSSR count). The summed E-state index contributed by atoms with van der Waals surface area (Å²) in [5, 5.41) is 3.55. The van der Waals surface area contributed by atoms with Gasteiger partial charge in [-0.1, -0.05) is 24.6 Å². The van der Waals surface area contributed by atoms with Gasteiger partial charge in [-0.15, -0.1) is 0 Å². The molecule has 2 aliphatic heterocycles. The highest BCUT2D eigenvalue weighted by Crippen LogP contribution is 2.40. The van der Waals surface area contributed by atoms with Crippen LogP contribution in [0.1, 0.15) is 61.8 Å². The van der Waals surface area contributed by atoms with Crippen molar-refractivity contribution in [3.63, 3.8) is 0 Å². The standard InChI is InChI=1S/C24H33N3O2/c1-6-19-18-11-13-25-15-21-22(18)20(27(19)17-9-7-16(2)8-10-17)12-14-26(21)23(28)29-24(3,4)5/h7-10,21,25H,6,11-15H2,1-5H3. The highest BCUT2D eigenvalue weighted by atomic mass is 16.6. The Morgan fingerprint density at radius 2 is 1.93 bits per heavy atom. The minimum atomic E-state index is -0.485. The number of ether oxygens (including phenoxy) is 1. The molecule has 0 fully saturated rings. The van der Waals surface area contributed by atoms with Crippen molar-refractivity contribution < 1.29 is 9.53 Å². The SMILES string of the molecule is CCc1c2c3c(n1-c1ccc(C)cc1)CCN(C(=O)OC(C)(C)C)C3CNCC2. The number of aryl methyl sites for hydroxylation is 1. The van der Waals surface area contributed by atoms with Crippen LogP contribution >= 0.6 is 0 Å². The summed E-state index contributed by atoms with van der Waals surface area (Å²) in [7, 11) is 0. The molecule has 1 aromatic heterocycles. The lowest BCUT2D eigenvalue weighted by atomic mass is 9.94. The number of carbonyl (C=O) groups is 1. The van der Waals surface area contributed by atoms with Crippen molar-refractivity contribution in [2.24, 2.45) is 0 Å². The van der Waals surface area contributed by atoms with Gasteiger partial charge in [-0.2, -0.15) is 0 Å². The van der Waals surface area contributed by atoms with Gasteiger partial charge in [-0.3, -0.25) is 4.90 Å². The summed E-state index contributed by atoms with van der Waals surface area (Å²) in [6.07, 6.45) is 2.63. The predicted molar refractivity (Wildman–Crippen MR) is 116 cm³/mol. The Morgan fingerprint density at radius 3 is 2.59 bits per heavy atom. The molecule has 3 heterocycles. The Hall–Kier alpha value is -2.27. The fraction of sp³-hybridized carbons (Fsp3) is 0.542. The summed E-state index contributed by atoms with van der Waals surface area (Å²) < 4.78 is 8.21. The van der Waals surface area contributed by atoms with Gasteiger partial charge in [0.15, 0.2) is 0 Å². The third-order valence-electron chi connectivity index (χ3n) is 5.97. The van der Waals surface area contributed by atoms with Crippen LogP contribution < -0.4 is 5.32 Å². The molecule has 0 spiro atoms. The molecule has 156 valence electrons. The van der Waals surface area contributed by atoms with Gasteiger partial charge in [-0.05, 0) is 64.8 Å². The van der Waals surface area contributed by atoms with Crippen molar-refractivity contribution in [1.82, 2.24) is 14.8 Å². The van der Waals surface area contributed by atoms with E-state index < -0.39 is 5.60 Å². The van der Waals surface area contributed by atoms with Gasteiger partial charge >= 0.3 is 6.09 Å². The normalized spacial score (nSPS) is 18.9. The molecule has 0 bridgehead atoms. The number of amides is 1. The van der Waals surface area contributed by atoms with E-state index in [1.54, 1.807) is 0 Å². The van der Waals surface area contributed by atoms with Crippen LogP contribution in [0.5, 0.6) is 0 Å². The largest absolute Gasteiger partial charge is 0.444 e. The molecule has 1 unspecified atom stereocenters. The smallest absolute Gasteiger partial charge is 0.410 e. The van der Waals surface area contributed by atoms with Gasteiger partial charge in [0.25, 0.3) is 0 Å². The zero-order valence-corrected chi connectivity index (χ0v) is 18.3. The van der Waals surface area contributed by atoms with E-state index in [0.29, 0.717) is 6.54 Å². The third kappa shape index (κ3) is 3.68. The number of carbonyl (C=O) groups excluding carboxylic acids is 1. The van der Waals surface area contributed by atoms with E-state index in [0.717, 1.165) is 32.4 Å². The Kier molecular flexibility index (Phi) is 5.19. The summed E-state index contributed by atoms with van der Waals surface area (Å²) in [6, 6.07) is 8.83. The average Bonchev–Trinajstić information content (AvgIpc) is 2.81. The third-order valence-corrected chi connectivity index (χ3v) is 5.97. The first-order valence-electron chi connectivity index (χ1n) is 10.8. The molecule has 0 saturated heterocycles. The Labute approximate surface area is 174 Å². The molecular formula is C24H33N3O2. The number of nitrogens with zero attached hydrogens (tertiary/aromatic N) is 2. The van der Waals surface area contributed by atoms with Crippen molar-refractivity contribution in [2.45, 2.75) is 65.5 Å². The maximum atomic E-state index is 13.0. The quantitative estimate of drug-likeness (QED) is 0.823. The monoisotopic (exact) mass is 395 g/mol. The lowest BCUT2D eigenvalue weighted by Gasteiger charge is -2.37. The van der Waals surface area contributed by atoms with Crippen LogP contribution in [-0.2, 0) is 24.0 Å². The highest BCUT2D eigenvalue weighted by molar-refractivity contribution is 5.70. The van der Waals surface area contributed by atoms with Crippen molar-refractivity contribution in [3.05, 3.63) is 52.3 Å². The van der Waals surface area contributed by atoms with Crippen LogP contribution in [0.4, 0.5) is 4.79 Å². The van der Waals surface area contributed by atoms with Crippen molar-refractivity contribution >= 4 is 6.09 Å². The molecule has 5 heteroatoms. The first-order chi connectivity index (χ1) is 13.8. The van der Waals surface area contributed by atoms with Gasteiger partial charge in [0.1, 0.15) is 5.60 Å². The van der Waals surface area contributed by atoms with Crippen LogP contribution in [0.25, 0.3) is 5.69 Å². The summed E-state index contributed by atoms with van der Waals surface area (Å²) in [5.41, 5.74) is 7.55. The second-order valence-corrected chi connectivity index (χ2v) is 9.20. The van der Waals surface area contributed by atoms with E-state index in [1.165, 1.54) is 33.8 Å². The number of rotatable bonds is 2. The molecule has 29 heavy (non-hydrogen) atoms. The predicted octanol–water partition coefficient (Wildman–Crippen LogP) is 4.33. The van der Waals surface area contributed by atoms with E-state index in [1.807, 2.05) is 25.7 Å². The Balaban J connectivity index is 1.82. The molecule has 1 N–H and O–H groups in total. The van der Waals surface area contributed by atoms with Crippen LogP contribution in [0.2, 0.25) is 0 Å². The van der Waals surface area contributed by atoms with Crippen molar-refractivity contribution in [2.75, 3.05) is 19.6 Å². The maximum absolute atomic E-state index is 13.0. The molecule has 5 nitrogen and oxygen atoms in total.